The van der Waals surface area contributed by atoms with E-state index in [1.165, 1.54) is 6.26 Å². The molecule has 0 saturated heterocycles. The molecule has 17 heavy (non-hydrogen) atoms. The van der Waals surface area contributed by atoms with Crippen LogP contribution in [0.2, 0.25) is 0 Å². The van der Waals surface area contributed by atoms with E-state index >= 15 is 0 Å². The second-order valence-corrected chi connectivity index (χ2v) is 4.44. The van der Waals surface area contributed by atoms with Gasteiger partial charge in [0.05, 0.1) is 6.04 Å². The Kier molecular flexibility index (Phi) is 3.23. The maximum absolute atomic E-state index is 5.95. The van der Waals surface area contributed by atoms with Crippen molar-refractivity contribution in [2.75, 3.05) is 0 Å². The number of hydrogen-bond donors (Lipinski definition) is 1. The molecule has 0 aliphatic carbocycles. The topological polar surface area (TPSA) is 91.0 Å². The molecular weight excluding hydrogens is 220 g/mol. The summed E-state index contributed by atoms with van der Waals surface area (Å²) in [6, 6.07) is -0.232. The van der Waals surface area contributed by atoms with Crippen LogP contribution >= 0.6 is 0 Å². The average Bonchev–Trinajstić information content (AvgIpc) is 2.84. The standard InChI is InChI=1S/C11H16N4O2/c1-6(2)4-8(12)11-14-10(15-17-11)9-5-16-7(3)13-9/h5-6,8H,4,12H2,1-3H3/t8-/m0/s1. The van der Waals surface area contributed by atoms with Gasteiger partial charge in [-0.1, -0.05) is 19.0 Å². The minimum absolute atomic E-state index is 0.232. The summed E-state index contributed by atoms with van der Waals surface area (Å²) in [5.74, 6) is 1.90. The van der Waals surface area contributed by atoms with E-state index in [1.54, 1.807) is 6.92 Å². The number of nitrogens with zero attached hydrogens (tertiary/aromatic N) is 3. The van der Waals surface area contributed by atoms with Crippen molar-refractivity contribution < 1.29 is 8.94 Å². The predicted octanol–water partition coefficient (Wildman–Crippen LogP) is 2.08. The van der Waals surface area contributed by atoms with Crippen LogP contribution in [0.25, 0.3) is 11.5 Å². The molecular formula is C11H16N4O2. The quantitative estimate of drug-likeness (QED) is 0.873. The fraction of sp³-hybridized carbons (Fsp3) is 0.545. The summed E-state index contributed by atoms with van der Waals surface area (Å²) in [5.41, 5.74) is 6.52. The lowest BCUT2D eigenvalue weighted by Crippen LogP contribution is -2.13. The van der Waals surface area contributed by atoms with E-state index in [0.717, 1.165) is 6.42 Å². The fourth-order valence-corrected chi connectivity index (χ4v) is 1.56. The Balaban J connectivity index is 2.15. The molecule has 6 nitrogen and oxygen atoms in total. The zero-order chi connectivity index (χ0) is 12.4. The van der Waals surface area contributed by atoms with Gasteiger partial charge in [-0.15, -0.1) is 0 Å². The number of rotatable bonds is 4. The first-order valence-electron chi connectivity index (χ1n) is 5.58. The monoisotopic (exact) mass is 236 g/mol. The highest BCUT2D eigenvalue weighted by molar-refractivity contribution is 5.45. The highest BCUT2D eigenvalue weighted by Crippen LogP contribution is 2.20. The summed E-state index contributed by atoms with van der Waals surface area (Å²) in [6.07, 6.45) is 2.30. The van der Waals surface area contributed by atoms with Crippen LogP contribution in [0.4, 0.5) is 0 Å². The molecule has 0 spiro atoms. The summed E-state index contributed by atoms with van der Waals surface area (Å²) in [4.78, 5) is 8.34. The maximum Gasteiger partial charge on any atom is 0.243 e. The van der Waals surface area contributed by atoms with Gasteiger partial charge in [-0.3, -0.25) is 0 Å². The van der Waals surface area contributed by atoms with Crippen LogP contribution in [0.1, 0.15) is 38.1 Å². The minimum Gasteiger partial charge on any atom is -0.449 e. The van der Waals surface area contributed by atoms with Crippen molar-refractivity contribution in [3.8, 4) is 11.5 Å². The van der Waals surface area contributed by atoms with Crippen molar-refractivity contribution in [1.82, 2.24) is 15.1 Å². The van der Waals surface area contributed by atoms with Crippen LogP contribution in [0.5, 0.6) is 0 Å². The summed E-state index contributed by atoms with van der Waals surface area (Å²) < 4.78 is 10.2. The molecule has 0 unspecified atom stereocenters. The lowest BCUT2D eigenvalue weighted by atomic mass is 10.0. The van der Waals surface area contributed by atoms with Gasteiger partial charge < -0.3 is 14.7 Å². The van der Waals surface area contributed by atoms with Crippen molar-refractivity contribution in [1.29, 1.82) is 0 Å². The molecule has 2 heterocycles. The molecule has 2 N–H and O–H groups in total. The Bertz CT molecular complexity index is 489. The van der Waals surface area contributed by atoms with Crippen molar-refractivity contribution in [2.24, 2.45) is 11.7 Å². The molecule has 2 aromatic heterocycles. The number of nitrogens with two attached hydrogens (primary N) is 1. The molecule has 1 atom stereocenters. The summed E-state index contributed by atoms with van der Waals surface area (Å²) >= 11 is 0. The lowest BCUT2D eigenvalue weighted by molar-refractivity contribution is 0.335. The van der Waals surface area contributed by atoms with Gasteiger partial charge in [-0.25, -0.2) is 4.98 Å². The minimum atomic E-state index is -0.232. The van der Waals surface area contributed by atoms with Gasteiger partial charge in [-0.2, -0.15) is 4.98 Å². The molecule has 2 rings (SSSR count). The molecule has 0 bridgehead atoms. The molecule has 0 fully saturated rings. The Morgan fingerprint density at radius 1 is 1.35 bits per heavy atom. The second-order valence-electron chi connectivity index (χ2n) is 4.44. The Labute approximate surface area is 99.2 Å². The number of oxazole rings is 1. The maximum atomic E-state index is 5.95. The van der Waals surface area contributed by atoms with E-state index in [1.807, 2.05) is 0 Å². The largest absolute Gasteiger partial charge is 0.449 e. The zero-order valence-corrected chi connectivity index (χ0v) is 10.2. The normalized spacial score (nSPS) is 13.2. The lowest BCUT2D eigenvalue weighted by Gasteiger charge is -2.08. The Hall–Kier alpha value is -1.69. The van der Waals surface area contributed by atoms with Crippen molar-refractivity contribution in [3.05, 3.63) is 18.0 Å². The first kappa shape index (κ1) is 11.8. The van der Waals surface area contributed by atoms with Crippen LogP contribution in [-0.2, 0) is 0 Å². The summed E-state index contributed by atoms with van der Waals surface area (Å²) in [7, 11) is 0. The first-order chi connectivity index (χ1) is 8.06. The van der Waals surface area contributed by atoms with Gasteiger partial charge in [0.1, 0.15) is 12.0 Å². The van der Waals surface area contributed by atoms with E-state index in [0.29, 0.717) is 29.2 Å². The SMILES string of the molecule is Cc1nc(-c2noc([C@@H](N)CC(C)C)n2)co1. The highest BCUT2D eigenvalue weighted by atomic mass is 16.5. The molecule has 0 aromatic carbocycles. The van der Waals surface area contributed by atoms with Gasteiger partial charge in [0.25, 0.3) is 0 Å². The Morgan fingerprint density at radius 3 is 2.71 bits per heavy atom. The number of aromatic nitrogens is 3. The van der Waals surface area contributed by atoms with Gasteiger partial charge in [0.2, 0.25) is 11.7 Å². The molecule has 0 aliphatic heterocycles. The van der Waals surface area contributed by atoms with Gasteiger partial charge in [-0.05, 0) is 12.3 Å². The highest BCUT2D eigenvalue weighted by Gasteiger charge is 2.18. The Morgan fingerprint density at radius 2 is 2.12 bits per heavy atom. The predicted molar refractivity (Wildman–Crippen MR) is 60.9 cm³/mol. The average molecular weight is 236 g/mol. The molecule has 92 valence electrons. The van der Waals surface area contributed by atoms with E-state index in [9.17, 15) is 0 Å². The van der Waals surface area contributed by atoms with Crippen LogP contribution in [0.15, 0.2) is 15.2 Å². The molecule has 0 saturated carbocycles. The van der Waals surface area contributed by atoms with Crippen LogP contribution in [0.3, 0.4) is 0 Å². The summed E-state index contributed by atoms with van der Waals surface area (Å²) in [5, 5.41) is 3.84. The van der Waals surface area contributed by atoms with E-state index in [-0.39, 0.29) is 6.04 Å². The van der Waals surface area contributed by atoms with Gasteiger partial charge >= 0.3 is 0 Å². The van der Waals surface area contributed by atoms with Crippen molar-refractivity contribution >= 4 is 0 Å². The second kappa shape index (κ2) is 4.67. The molecule has 2 aromatic rings. The third kappa shape index (κ3) is 2.71. The van der Waals surface area contributed by atoms with Gasteiger partial charge in [0.15, 0.2) is 5.89 Å². The molecule has 6 heteroatoms. The first-order valence-corrected chi connectivity index (χ1v) is 5.58. The number of hydrogen-bond acceptors (Lipinski definition) is 6. The van der Waals surface area contributed by atoms with Crippen LogP contribution in [-0.4, -0.2) is 15.1 Å². The third-order valence-corrected chi connectivity index (χ3v) is 2.33. The summed E-state index contributed by atoms with van der Waals surface area (Å²) in [6.45, 7) is 5.95. The molecule has 0 aliphatic rings. The van der Waals surface area contributed by atoms with Crippen LogP contribution in [0, 0.1) is 12.8 Å². The fourth-order valence-electron chi connectivity index (χ4n) is 1.56. The van der Waals surface area contributed by atoms with E-state index in [4.69, 9.17) is 14.7 Å². The van der Waals surface area contributed by atoms with Crippen LogP contribution < -0.4 is 5.73 Å². The molecule has 0 amide bonds. The zero-order valence-electron chi connectivity index (χ0n) is 10.2. The third-order valence-electron chi connectivity index (χ3n) is 2.33. The number of aryl methyl sites for hydroxylation is 1. The van der Waals surface area contributed by atoms with Gasteiger partial charge in [0, 0.05) is 6.92 Å². The van der Waals surface area contributed by atoms with E-state index < -0.39 is 0 Å². The van der Waals surface area contributed by atoms with Crippen molar-refractivity contribution in [2.45, 2.75) is 33.2 Å². The van der Waals surface area contributed by atoms with Crippen molar-refractivity contribution in [3.63, 3.8) is 0 Å². The molecule has 0 radical (unpaired) electrons. The van der Waals surface area contributed by atoms with E-state index in [2.05, 4.69) is 29.0 Å². The smallest absolute Gasteiger partial charge is 0.243 e.